The van der Waals surface area contributed by atoms with Gasteiger partial charge in [-0.15, -0.1) is 119 Å². The van der Waals surface area contributed by atoms with Gasteiger partial charge in [0.2, 0.25) is 0 Å². The summed E-state index contributed by atoms with van der Waals surface area (Å²) in [4.78, 5) is 17.3. The van der Waals surface area contributed by atoms with Crippen LogP contribution in [0.1, 0.15) is 172 Å². The Morgan fingerprint density at radius 2 is 0.625 bits per heavy atom. The van der Waals surface area contributed by atoms with E-state index >= 15 is 0 Å². The van der Waals surface area contributed by atoms with Crippen LogP contribution in [0.15, 0.2) is 170 Å². The number of halogens is 4. The molecule has 4 aromatic heterocycles. The average molecular weight is 2120 g/mol. The van der Waals surface area contributed by atoms with E-state index in [1.807, 2.05) is 60.9 Å². The third kappa shape index (κ3) is 27.0. The van der Waals surface area contributed by atoms with Crippen molar-refractivity contribution in [2.45, 2.75) is 163 Å². The molecule has 0 bridgehead atoms. The number of hydrogen-bond acceptors (Lipinski definition) is 4. The van der Waals surface area contributed by atoms with Crippen molar-refractivity contribution in [1.29, 1.82) is 0 Å². The van der Waals surface area contributed by atoms with Gasteiger partial charge in [-0.05, 0) is 190 Å². The second-order valence-corrected chi connectivity index (χ2v) is 28.1. The van der Waals surface area contributed by atoms with E-state index < -0.39 is 0 Å². The predicted octanol–water partition coefficient (Wildman–Crippen LogP) is 26.8. The van der Waals surface area contributed by atoms with Gasteiger partial charge in [-0.3, -0.25) is 17.6 Å². The van der Waals surface area contributed by atoms with Gasteiger partial charge in [0.25, 0.3) is 0 Å². The molecule has 2 radical (unpaired) electrons. The topological polar surface area (TPSA) is 51.6 Å². The SMILES string of the molecule is C.C.CC1C(C)C(C)C(C)C1C.CC1C(C)C(C)C(C)C1C.Cc1cc(C2C(C)C(C)C(C)C2C)cc(C)c1-c1ccc(-c2[c-]cc(F)cc2)nc1.Fc1c[c-]c(-c2ccc(C3CCCC3)cn2)cc1.Fc1c[c-]c(-c2ccccn2)cc1.Fc1c[c-]c(-c2ccccn2)cc1.[CH3-].[CH3-].[CH3-].[CH3-].[Ir].[Ir].[Os+2].[Os+2]. The van der Waals surface area contributed by atoms with Crippen molar-refractivity contribution < 1.29 is 97.4 Å². The molecule has 9 aromatic rings. The Labute approximate surface area is 683 Å². The maximum Gasteiger partial charge on any atom is 2.00 e. The van der Waals surface area contributed by atoms with E-state index in [0.717, 1.165) is 122 Å². The Balaban J connectivity index is -0.00000121. The van der Waals surface area contributed by atoms with Crippen LogP contribution in [-0.2, 0) is 79.8 Å². The van der Waals surface area contributed by atoms with Gasteiger partial charge >= 0.3 is 39.6 Å². The van der Waals surface area contributed by atoms with E-state index in [0.29, 0.717) is 23.7 Å². The molecule has 12 heteroatoms. The number of nitrogens with zero attached hydrogens (tertiary/aromatic N) is 4. The molecule has 5 aromatic carbocycles. The summed E-state index contributed by atoms with van der Waals surface area (Å²) in [5.41, 5.74) is 14.4. The first-order valence-electron chi connectivity index (χ1n) is 34.5. The van der Waals surface area contributed by atoms with E-state index in [1.165, 1.54) is 102 Å². The van der Waals surface area contributed by atoms with Crippen molar-refractivity contribution in [2.24, 2.45) is 82.9 Å². The molecule has 4 fully saturated rings. The Bertz CT molecular complexity index is 3500. The molecule has 4 saturated carbocycles. The maximum absolute atomic E-state index is 13.2. The predicted molar refractivity (Wildman–Crippen MR) is 420 cm³/mol. The van der Waals surface area contributed by atoms with Gasteiger partial charge in [-0.2, -0.15) is 0 Å². The van der Waals surface area contributed by atoms with Gasteiger partial charge in [0, 0.05) is 88.3 Å². The minimum absolute atomic E-state index is 0. The summed E-state index contributed by atoms with van der Waals surface area (Å²) in [7, 11) is 0. The number of aryl methyl sites for hydroxylation is 2. The molecule has 4 heterocycles. The van der Waals surface area contributed by atoms with Crippen molar-refractivity contribution >= 4 is 0 Å². The zero-order valence-electron chi connectivity index (χ0n) is 63.9. The molecular formula is C92H120F4Ir2N4Os2-4. The first kappa shape index (κ1) is 103. The molecule has 0 aliphatic heterocycles. The van der Waals surface area contributed by atoms with Crippen LogP contribution in [0.2, 0.25) is 0 Å². The first-order valence-corrected chi connectivity index (χ1v) is 34.5. The smallest absolute Gasteiger partial charge is 0.358 e. The Morgan fingerprint density at radius 1 is 0.337 bits per heavy atom. The number of pyridine rings is 4. The molecule has 13 rings (SSSR count). The van der Waals surface area contributed by atoms with Crippen LogP contribution in [0, 0.1) is 174 Å². The van der Waals surface area contributed by atoms with Crippen LogP contribution in [-0.4, -0.2) is 19.9 Å². The zero-order chi connectivity index (χ0) is 67.9. The van der Waals surface area contributed by atoms with Crippen LogP contribution < -0.4 is 0 Å². The van der Waals surface area contributed by atoms with E-state index in [4.69, 9.17) is 0 Å². The van der Waals surface area contributed by atoms with Crippen molar-refractivity contribution in [1.82, 2.24) is 19.9 Å². The fraction of sp³-hybridized carbons (Fsp3) is 0.413. The minimum Gasteiger partial charge on any atom is -0.358 e. The molecular weight excluding hydrogens is 2000 g/mol. The third-order valence-corrected chi connectivity index (χ3v) is 23.1. The molecule has 4 aliphatic carbocycles. The van der Waals surface area contributed by atoms with E-state index in [1.54, 1.807) is 36.7 Å². The van der Waals surface area contributed by atoms with Gasteiger partial charge in [0.1, 0.15) is 0 Å². The van der Waals surface area contributed by atoms with E-state index in [2.05, 4.69) is 179 Å². The zero-order valence-corrected chi connectivity index (χ0v) is 73.8. The summed E-state index contributed by atoms with van der Waals surface area (Å²) in [5.74, 6) is 12.5. The van der Waals surface area contributed by atoms with Gasteiger partial charge < -0.3 is 49.6 Å². The van der Waals surface area contributed by atoms with Crippen LogP contribution in [0.25, 0.3) is 56.2 Å². The average Bonchev–Trinajstić information content (AvgIpc) is 1.58. The second kappa shape index (κ2) is 49.1. The van der Waals surface area contributed by atoms with Crippen molar-refractivity contribution in [3.63, 3.8) is 0 Å². The molecule has 0 N–H and O–H groups in total. The summed E-state index contributed by atoms with van der Waals surface area (Å²) in [6.45, 7) is 38.1. The molecule has 0 spiro atoms. The molecule has 4 unspecified atom stereocenters. The number of benzene rings is 5. The van der Waals surface area contributed by atoms with Crippen LogP contribution in [0.4, 0.5) is 17.6 Å². The fourth-order valence-corrected chi connectivity index (χ4v) is 15.2. The maximum atomic E-state index is 13.2. The van der Waals surface area contributed by atoms with Gasteiger partial charge in [0.15, 0.2) is 0 Å². The Hall–Kier alpha value is -5.01. The van der Waals surface area contributed by atoms with Gasteiger partial charge in [0.05, 0.1) is 0 Å². The van der Waals surface area contributed by atoms with Crippen molar-refractivity contribution in [2.75, 3.05) is 0 Å². The molecule has 4 nitrogen and oxygen atoms in total. The van der Waals surface area contributed by atoms with Crippen LogP contribution >= 0.6 is 0 Å². The monoisotopic (exact) mass is 2130 g/mol. The largest absolute Gasteiger partial charge is 2.00 e. The summed E-state index contributed by atoms with van der Waals surface area (Å²) in [6, 6.07) is 53.5. The minimum atomic E-state index is -0.281. The quantitative estimate of drug-likeness (QED) is 0.118. The fourth-order valence-electron chi connectivity index (χ4n) is 15.2. The van der Waals surface area contributed by atoms with E-state index in [9.17, 15) is 17.6 Å². The number of aromatic nitrogens is 4. The van der Waals surface area contributed by atoms with Crippen molar-refractivity contribution in [3.8, 4) is 56.2 Å². The summed E-state index contributed by atoms with van der Waals surface area (Å²) >= 11 is 0. The Kier molecular flexibility index (Phi) is 48.7. The summed E-state index contributed by atoms with van der Waals surface area (Å²) < 4.78 is 51.1. The van der Waals surface area contributed by atoms with Gasteiger partial charge in [-0.25, -0.2) is 0 Å². The molecule has 104 heavy (non-hydrogen) atoms. The molecule has 4 atom stereocenters. The molecule has 4 aliphatic rings. The molecule has 0 saturated heterocycles. The standard InChI is InChI=1S/C28H31FN.C16H15FN.2C11H7FN.2C10H20.2CH4.4CH3.2Ir.2Os/c1-16-13-24(28-20(5)18(3)19(4)21(28)6)14-17(2)27(16)23-9-12-26(30-15-23)22-7-10-25(29)11-8-22;17-15-8-5-13(6-9-15)16-10-7-14(11-18-16)12-3-1-2-4-12;2*12-10-6-4-9(5-7-10)11-3-1-2-8-13-11;2*1-6-7(2)9(4)10(5)8(6)3;;;;;;;;;;/h7,9-15,18-21,28H,1-6H3;5,7-12H,1-4H2;2*1-4,6-8H;2*6-10H,1-5H3;2*1H4;4*1H3;;;;/q4*-1;;;;;4*-1;;;2*+2. The Morgan fingerprint density at radius 3 is 0.875 bits per heavy atom. The normalized spacial score (nSPS) is 23.5. The number of rotatable bonds is 7. The van der Waals surface area contributed by atoms with Crippen LogP contribution in [0.3, 0.4) is 0 Å². The summed E-state index contributed by atoms with van der Waals surface area (Å²) in [5, 5.41) is 0. The third-order valence-electron chi connectivity index (χ3n) is 23.1. The summed E-state index contributed by atoms with van der Waals surface area (Å²) in [6.07, 6.45) is 12.5. The number of hydrogen-bond donors (Lipinski definition) is 0. The van der Waals surface area contributed by atoms with E-state index in [-0.39, 0.29) is 148 Å². The molecule has 574 valence electrons. The van der Waals surface area contributed by atoms with Crippen LogP contribution in [0.5, 0.6) is 0 Å². The molecule has 0 amide bonds. The van der Waals surface area contributed by atoms with Crippen molar-refractivity contribution in [3.05, 3.63) is 270 Å². The van der Waals surface area contributed by atoms with Gasteiger partial charge in [-0.1, -0.05) is 185 Å². The second-order valence-electron chi connectivity index (χ2n) is 28.1. The first-order chi connectivity index (χ1) is 44.9.